The van der Waals surface area contributed by atoms with Crippen LogP contribution in [0.2, 0.25) is 0 Å². The van der Waals surface area contributed by atoms with Gasteiger partial charge in [-0.25, -0.2) is 27.2 Å². The van der Waals surface area contributed by atoms with Gasteiger partial charge in [-0.15, -0.1) is 10.2 Å². The van der Waals surface area contributed by atoms with Gasteiger partial charge < -0.3 is 4.74 Å². The molecule has 0 saturated carbocycles. The number of anilines is 1. The molecule has 1 N–H and O–H groups in total. The topological polar surface area (TPSA) is 125 Å². The number of hydrogen-bond acceptors (Lipinski definition) is 8. The summed E-state index contributed by atoms with van der Waals surface area (Å²) in [6.07, 6.45) is 5.12. The van der Waals surface area contributed by atoms with Crippen LogP contribution in [0.4, 0.5) is 14.7 Å². The fraction of sp³-hybridized carbons (Fsp3) is 0.292. The normalized spacial score (nSPS) is 13.4. The second kappa shape index (κ2) is 10.6. The van der Waals surface area contributed by atoms with E-state index < -0.39 is 44.6 Å². The van der Waals surface area contributed by atoms with Crippen molar-refractivity contribution in [3.8, 4) is 17.1 Å². The molecule has 0 spiro atoms. The molecule has 1 aromatic carbocycles. The van der Waals surface area contributed by atoms with Gasteiger partial charge in [-0.05, 0) is 57.0 Å². The monoisotopic (exact) mass is 529 g/mol. The highest BCUT2D eigenvalue weighted by atomic mass is 32.2. The number of pyridine rings is 1. The third-order valence-corrected chi connectivity index (χ3v) is 7.20. The van der Waals surface area contributed by atoms with Crippen molar-refractivity contribution in [1.29, 1.82) is 0 Å². The largest absolute Gasteiger partial charge is 0.369 e. The van der Waals surface area contributed by atoms with Crippen molar-refractivity contribution in [1.82, 2.24) is 29.7 Å². The first-order chi connectivity index (χ1) is 17.6. The van der Waals surface area contributed by atoms with E-state index in [1.54, 1.807) is 45.4 Å². The lowest BCUT2D eigenvalue weighted by molar-refractivity contribution is 0.0557. The van der Waals surface area contributed by atoms with Crippen LogP contribution >= 0.6 is 0 Å². The van der Waals surface area contributed by atoms with Crippen LogP contribution < -0.4 is 4.72 Å². The average molecular weight is 530 g/mol. The predicted octanol–water partition coefficient (Wildman–Crippen LogP) is 3.92. The van der Waals surface area contributed by atoms with Crippen molar-refractivity contribution in [2.75, 3.05) is 11.3 Å². The first-order valence-corrected chi connectivity index (χ1v) is 12.9. The van der Waals surface area contributed by atoms with Crippen LogP contribution in [0.1, 0.15) is 36.9 Å². The van der Waals surface area contributed by atoms with Gasteiger partial charge in [0, 0.05) is 37.0 Å². The van der Waals surface area contributed by atoms with Gasteiger partial charge in [0.15, 0.2) is 11.6 Å². The zero-order valence-electron chi connectivity index (χ0n) is 20.6. The van der Waals surface area contributed by atoms with Gasteiger partial charge in [0.25, 0.3) is 0 Å². The molecule has 0 fully saturated rings. The molecule has 13 heteroatoms. The zero-order valence-corrected chi connectivity index (χ0v) is 21.4. The van der Waals surface area contributed by atoms with Crippen LogP contribution in [0.5, 0.6) is 0 Å². The lowest BCUT2D eigenvalue weighted by Gasteiger charge is -2.23. The van der Waals surface area contributed by atoms with Crippen LogP contribution in [0.25, 0.3) is 17.1 Å². The molecule has 37 heavy (non-hydrogen) atoms. The summed E-state index contributed by atoms with van der Waals surface area (Å²) < 4.78 is 65.7. The number of aryl methyl sites for hydroxylation is 2. The van der Waals surface area contributed by atoms with Crippen LogP contribution in [0, 0.1) is 25.5 Å². The number of nitrogens with zero attached hydrogens (tertiary/aromatic N) is 6. The van der Waals surface area contributed by atoms with E-state index in [2.05, 4.69) is 29.9 Å². The summed E-state index contributed by atoms with van der Waals surface area (Å²) in [4.78, 5) is 12.5. The van der Waals surface area contributed by atoms with Crippen LogP contribution in [-0.2, 0) is 14.8 Å². The molecule has 10 nitrogen and oxygen atoms in total. The molecule has 0 unspecified atom stereocenters. The highest BCUT2D eigenvalue weighted by molar-refractivity contribution is 7.93. The number of halogens is 2. The quantitative estimate of drug-likeness (QED) is 0.346. The van der Waals surface area contributed by atoms with Crippen LogP contribution in [0.3, 0.4) is 0 Å². The molecule has 0 aliphatic carbocycles. The van der Waals surface area contributed by atoms with Crippen molar-refractivity contribution in [3.63, 3.8) is 0 Å². The van der Waals surface area contributed by atoms with Crippen molar-refractivity contribution >= 4 is 16.0 Å². The molecule has 3 aromatic heterocycles. The predicted molar refractivity (Wildman–Crippen MR) is 132 cm³/mol. The van der Waals surface area contributed by atoms with Crippen molar-refractivity contribution in [2.45, 2.75) is 39.0 Å². The second-order valence-electron chi connectivity index (χ2n) is 8.35. The van der Waals surface area contributed by atoms with Crippen molar-refractivity contribution < 1.29 is 21.9 Å². The molecule has 3 heterocycles. The number of hydrogen-bond donors (Lipinski definition) is 1. The van der Waals surface area contributed by atoms with Gasteiger partial charge in [0.2, 0.25) is 16.0 Å². The van der Waals surface area contributed by atoms with Gasteiger partial charge >= 0.3 is 0 Å². The first kappa shape index (κ1) is 26.2. The van der Waals surface area contributed by atoms with Gasteiger partial charge in [-0.1, -0.05) is 6.07 Å². The van der Waals surface area contributed by atoms with Crippen LogP contribution in [-0.4, -0.2) is 50.0 Å². The lowest BCUT2D eigenvalue weighted by Crippen LogP contribution is -2.34. The van der Waals surface area contributed by atoms with E-state index in [4.69, 9.17) is 4.74 Å². The molecule has 0 saturated heterocycles. The summed E-state index contributed by atoms with van der Waals surface area (Å²) in [5.74, 6) is -2.11. The molecular formula is C24H25F2N7O3S. The van der Waals surface area contributed by atoms with Gasteiger partial charge in [-0.2, -0.15) is 0 Å². The summed E-state index contributed by atoms with van der Waals surface area (Å²) >= 11 is 0. The molecule has 4 aromatic rings. The lowest BCUT2D eigenvalue weighted by atomic mass is 10.2. The molecule has 0 radical (unpaired) electrons. The maximum atomic E-state index is 14.9. The Morgan fingerprint density at radius 3 is 2.32 bits per heavy atom. The minimum absolute atomic E-state index is 0.00576. The van der Waals surface area contributed by atoms with E-state index in [1.807, 2.05) is 0 Å². The van der Waals surface area contributed by atoms with Crippen LogP contribution in [0.15, 0.2) is 49.1 Å². The maximum absolute atomic E-state index is 14.9. The molecule has 0 aliphatic rings. The molecular weight excluding hydrogens is 504 g/mol. The van der Waals surface area contributed by atoms with E-state index in [-0.39, 0.29) is 18.3 Å². The second-order valence-corrected chi connectivity index (χ2v) is 10.4. The minimum Gasteiger partial charge on any atom is -0.369 e. The maximum Gasteiger partial charge on any atom is 0.243 e. The van der Waals surface area contributed by atoms with Gasteiger partial charge in [0.05, 0.1) is 0 Å². The summed E-state index contributed by atoms with van der Waals surface area (Å²) in [6.45, 7) is 6.92. The third-order valence-electron chi connectivity index (χ3n) is 5.51. The van der Waals surface area contributed by atoms with E-state index in [1.165, 1.54) is 19.2 Å². The summed E-state index contributed by atoms with van der Waals surface area (Å²) in [5, 5.41) is 6.75. The molecule has 4 rings (SSSR count). The highest BCUT2D eigenvalue weighted by Gasteiger charge is 2.35. The van der Waals surface area contributed by atoms with E-state index in [0.717, 1.165) is 27.8 Å². The highest BCUT2D eigenvalue weighted by Crippen LogP contribution is 2.31. The Morgan fingerprint density at radius 2 is 1.70 bits per heavy atom. The van der Waals surface area contributed by atoms with E-state index >= 15 is 0 Å². The molecule has 2 atom stereocenters. The summed E-state index contributed by atoms with van der Waals surface area (Å²) in [7, 11) is -4.27. The first-order valence-electron chi connectivity index (χ1n) is 11.4. The SMILES string of the molecule is CCO[C@@H](c1ncc(C)cn1)[C@@H](C)S(=O)(=O)Nc1nnc(-c2cncc(C)c2)n1-c1c(F)cccc1F. The standard InChI is InChI=1S/C24H25F2N7O3S/c1-5-36-21(22-28-11-15(3)12-29-22)16(4)37(34,35)32-24-31-30-23(17-9-14(2)10-27-13-17)33(24)20-18(25)7-6-8-19(20)26/h6-13,16,21H,5H2,1-4H3,(H,31,32)/t16-,21-/m1/s1. The number of nitrogens with one attached hydrogen (secondary N) is 1. The number of benzene rings is 1. The molecule has 0 amide bonds. The van der Waals surface area contributed by atoms with Gasteiger partial charge in [-0.3, -0.25) is 14.3 Å². The Bertz CT molecular complexity index is 1490. The molecule has 0 bridgehead atoms. The fourth-order valence-corrected chi connectivity index (χ4v) is 4.76. The zero-order chi connectivity index (χ0) is 26.7. The van der Waals surface area contributed by atoms with E-state index in [0.29, 0.717) is 5.56 Å². The number of aromatic nitrogens is 6. The number of rotatable bonds is 9. The Labute approximate surface area is 212 Å². The Kier molecular flexibility index (Phi) is 7.55. The third kappa shape index (κ3) is 5.47. The minimum atomic E-state index is -4.27. The average Bonchev–Trinajstić information content (AvgIpc) is 3.25. The van der Waals surface area contributed by atoms with E-state index in [9.17, 15) is 17.2 Å². The summed E-state index contributed by atoms with van der Waals surface area (Å²) in [5.41, 5.74) is 1.40. The summed E-state index contributed by atoms with van der Waals surface area (Å²) in [6, 6.07) is 4.99. The van der Waals surface area contributed by atoms with Gasteiger partial charge in [0.1, 0.15) is 28.7 Å². The number of ether oxygens (including phenoxy) is 1. The van der Waals surface area contributed by atoms with Crippen molar-refractivity contribution in [3.05, 3.63) is 77.6 Å². The molecule has 194 valence electrons. The smallest absolute Gasteiger partial charge is 0.243 e. The number of para-hydroxylation sites is 1. The fourth-order valence-electron chi connectivity index (χ4n) is 3.66. The Balaban J connectivity index is 1.80. The Morgan fingerprint density at radius 1 is 1.03 bits per heavy atom. The number of sulfonamides is 1. The molecule has 0 aliphatic heterocycles. The van der Waals surface area contributed by atoms with Crippen molar-refractivity contribution in [2.24, 2.45) is 0 Å². The Hall–Kier alpha value is -3.84.